The van der Waals surface area contributed by atoms with Crippen LogP contribution in [-0.4, -0.2) is 29.4 Å². The lowest BCUT2D eigenvalue weighted by Crippen LogP contribution is -2.36. The summed E-state index contributed by atoms with van der Waals surface area (Å²) in [5, 5.41) is 11.5. The van der Waals surface area contributed by atoms with Crippen molar-refractivity contribution < 1.29 is 9.90 Å². The minimum absolute atomic E-state index is 0.0195. The third kappa shape index (κ3) is 5.75. The van der Waals surface area contributed by atoms with Gasteiger partial charge < -0.3 is 10.4 Å². The highest BCUT2D eigenvalue weighted by Crippen LogP contribution is 2.12. The summed E-state index contributed by atoms with van der Waals surface area (Å²) in [5.41, 5.74) is 2.47. The van der Waals surface area contributed by atoms with Gasteiger partial charge in [-0.05, 0) is 19.4 Å². The van der Waals surface area contributed by atoms with Crippen LogP contribution in [0.3, 0.4) is 0 Å². The Labute approximate surface area is 107 Å². The molecule has 0 fully saturated rings. The second-order valence-corrected chi connectivity index (χ2v) is 5.12. The van der Waals surface area contributed by atoms with Crippen LogP contribution < -0.4 is 5.32 Å². The second kappa shape index (κ2) is 7.35. The fourth-order valence-electron chi connectivity index (χ4n) is 1.31. The van der Waals surface area contributed by atoms with Crippen LogP contribution in [0.2, 0.25) is 0 Å². The average Bonchev–Trinajstić information content (AvgIpc) is 2.31. The Morgan fingerprint density at radius 1 is 1.41 bits per heavy atom. The van der Waals surface area contributed by atoms with Gasteiger partial charge in [0, 0.05) is 11.8 Å². The quantitative estimate of drug-likeness (QED) is 0.811. The molecule has 0 saturated heterocycles. The summed E-state index contributed by atoms with van der Waals surface area (Å²) in [6, 6.07) is 8.14. The van der Waals surface area contributed by atoms with Crippen molar-refractivity contribution in [2.24, 2.45) is 0 Å². The van der Waals surface area contributed by atoms with Crippen molar-refractivity contribution in [1.82, 2.24) is 5.32 Å². The number of rotatable bonds is 6. The molecule has 1 atom stereocenters. The van der Waals surface area contributed by atoms with E-state index >= 15 is 0 Å². The molecule has 1 amide bonds. The third-order valence-corrected chi connectivity index (χ3v) is 3.31. The van der Waals surface area contributed by atoms with Crippen LogP contribution in [0.15, 0.2) is 24.3 Å². The fraction of sp³-hybridized carbons (Fsp3) is 0.462. The molecule has 4 heteroatoms. The molecule has 0 spiro atoms. The van der Waals surface area contributed by atoms with Gasteiger partial charge in [-0.1, -0.05) is 29.8 Å². The molecule has 17 heavy (non-hydrogen) atoms. The number of aliphatic hydroxyl groups is 1. The van der Waals surface area contributed by atoms with Crippen molar-refractivity contribution in [3.63, 3.8) is 0 Å². The maximum atomic E-state index is 11.4. The maximum absolute atomic E-state index is 11.4. The minimum Gasteiger partial charge on any atom is -0.394 e. The number of aryl methyl sites for hydroxylation is 1. The molecule has 0 aliphatic carbocycles. The van der Waals surface area contributed by atoms with E-state index in [2.05, 4.69) is 36.5 Å². The van der Waals surface area contributed by atoms with Gasteiger partial charge in [-0.15, -0.1) is 11.8 Å². The maximum Gasteiger partial charge on any atom is 0.230 e. The molecule has 0 aromatic heterocycles. The zero-order valence-corrected chi connectivity index (χ0v) is 11.1. The summed E-state index contributed by atoms with van der Waals surface area (Å²) in [7, 11) is 0. The number of benzene rings is 1. The SMILES string of the molecule is Cc1ccc(CSCC(=O)N[C@H](C)CO)cc1. The zero-order valence-electron chi connectivity index (χ0n) is 10.3. The van der Waals surface area contributed by atoms with E-state index < -0.39 is 0 Å². The topological polar surface area (TPSA) is 49.3 Å². The Balaban J connectivity index is 2.23. The van der Waals surface area contributed by atoms with Crippen LogP contribution >= 0.6 is 11.8 Å². The Bertz CT molecular complexity index is 351. The van der Waals surface area contributed by atoms with E-state index in [1.165, 1.54) is 11.1 Å². The van der Waals surface area contributed by atoms with E-state index in [1.54, 1.807) is 18.7 Å². The Morgan fingerprint density at radius 3 is 2.65 bits per heavy atom. The summed E-state index contributed by atoms with van der Waals surface area (Å²) in [6.45, 7) is 3.82. The molecule has 0 aliphatic heterocycles. The van der Waals surface area contributed by atoms with Crippen molar-refractivity contribution in [2.75, 3.05) is 12.4 Å². The van der Waals surface area contributed by atoms with Gasteiger partial charge in [0.05, 0.1) is 12.4 Å². The van der Waals surface area contributed by atoms with Gasteiger partial charge in [0.25, 0.3) is 0 Å². The second-order valence-electron chi connectivity index (χ2n) is 4.13. The van der Waals surface area contributed by atoms with Gasteiger partial charge in [0.1, 0.15) is 0 Å². The summed E-state index contributed by atoms with van der Waals surface area (Å²) in [6.07, 6.45) is 0. The number of hydrogen-bond donors (Lipinski definition) is 2. The van der Waals surface area contributed by atoms with Gasteiger partial charge in [0.15, 0.2) is 0 Å². The Kier molecular flexibility index (Phi) is 6.08. The first-order valence-electron chi connectivity index (χ1n) is 5.65. The van der Waals surface area contributed by atoms with Crippen LogP contribution in [0.4, 0.5) is 0 Å². The largest absolute Gasteiger partial charge is 0.394 e. The number of nitrogens with one attached hydrogen (secondary N) is 1. The van der Waals surface area contributed by atoms with Crippen LogP contribution in [-0.2, 0) is 10.5 Å². The highest BCUT2D eigenvalue weighted by molar-refractivity contribution is 7.99. The van der Waals surface area contributed by atoms with Gasteiger partial charge in [-0.25, -0.2) is 0 Å². The molecule has 1 aromatic carbocycles. The van der Waals surface area contributed by atoms with Crippen molar-refractivity contribution in [1.29, 1.82) is 0 Å². The molecule has 0 heterocycles. The van der Waals surface area contributed by atoms with Gasteiger partial charge >= 0.3 is 0 Å². The van der Waals surface area contributed by atoms with Crippen LogP contribution in [0.25, 0.3) is 0 Å². The first kappa shape index (κ1) is 14.1. The first-order valence-corrected chi connectivity index (χ1v) is 6.81. The zero-order chi connectivity index (χ0) is 12.7. The number of thioether (sulfide) groups is 1. The minimum atomic E-state index is -0.164. The van der Waals surface area contributed by atoms with Gasteiger partial charge in [-0.3, -0.25) is 4.79 Å². The molecule has 1 aromatic rings. The van der Waals surface area contributed by atoms with Gasteiger partial charge in [0.2, 0.25) is 5.91 Å². The molecule has 0 aliphatic rings. The predicted molar refractivity (Wildman–Crippen MR) is 72.0 cm³/mol. The summed E-state index contributed by atoms with van der Waals surface area (Å²) >= 11 is 1.58. The molecular formula is C13H19NO2S. The molecule has 2 N–H and O–H groups in total. The molecule has 1 rings (SSSR count). The monoisotopic (exact) mass is 253 g/mol. The highest BCUT2D eigenvalue weighted by Gasteiger charge is 2.05. The normalized spacial score (nSPS) is 12.2. The van der Waals surface area contributed by atoms with E-state index in [1.807, 2.05) is 0 Å². The molecule has 0 bridgehead atoms. The van der Waals surface area contributed by atoms with Crippen molar-refractivity contribution in [2.45, 2.75) is 25.6 Å². The molecular weight excluding hydrogens is 234 g/mol. The lowest BCUT2D eigenvalue weighted by molar-refractivity contribution is -0.119. The van der Waals surface area contributed by atoms with Crippen LogP contribution in [0.5, 0.6) is 0 Å². The molecule has 0 radical (unpaired) electrons. The number of amides is 1. The standard InChI is InChI=1S/C13H19NO2S/c1-10-3-5-12(6-4-10)8-17-9-13(16)14-11(2)7-15/h3-6,11,15H,7-9H2,1-2H3,(H,14,16)/t11-/m1/s1. The van der Waals surface area contributed by atoms with E-state index in [9.17, 15) is 4.79 Å². The summed E-state index contributed by atoms with van der Waals surface area (Å²) < 4.78 is 0. The predicted octanol–water partition coefficient (Wildman–Crippen LogP) is 1.73. The van der Waals surface area contributed by atoms with E-state index in [0.29, 0.717) is 5.75 Å². The lowest BCUT2D eigenvalue weighted by Gasteiger charge is -2.10. The molecule has 3 nitrogen and oxygen atoms in total. The average molecular weight is 253 g/mol. The molecule has 94 valence electrons. The molecule has 0 saturated carbocycles. The van der Waals surface area contributed by atoms with Crippen molar-refractivity contribution in [3.8, 4) is 0 Å². The van der Waals surface area contributed by atoms with Crippen LogP contribution in [0.1, 0.15) is 18.1 Å². The summed E-state index contributed by atoms with van der Waals surface area (Å²) in [4.78, 5) is 11.4. The number of aliphatic hydroxyl groups excluding tert-OH is 1. The fourth-order valence-corrected chi connectivity index (χ4v) is 2.11. The highest BCUT2D eigenvalue weighted by atomic mass is 32.2. The third-order valence-electron chi connectivity index (χ3n) is 2.30. The summed E-state index contributed by atoms with van der Waals surface area (Å²) in [5.74, 6) is 1.24. The van der Waals surface area contributed by atoms with Crippen LogP contribution in [0, 0.1) is 6.92 Å². The van der Waals surface area contributed by atoms with E-state index in [0.717, 1.165) is 5.75 Å². The number of carbonyl (C=O) groups is 1. The Morgan fingerprint density at radius 2 is 2.06 bits per heavy atom. The lowest BCUT2D eigenvalue weighted by atomic mass is 10.2. The van der Waals surface area contributed by atoms with Crippen molar-refractivity contribution >= 4 is 17.7 Å². The molecule has 0 unspecified atom stereocenters. The first-order chi connectivity index (χ1) is 8.11. The van der Waals surface area contributed by atoms with E-state index in [4.69, 9.17) is 5.11 Å². The number of hydrogen-bond acceptors (Lipinski definition) is 3. The van der Waals surface area contributed by atoms with Crippen molar-refractivity contribution in [3.05, 3.63) is 35.4 Å². The number of carbonyl (C=O) groups excluding carboxylic acids is 1. The smallest absolute Gasteiger partial charge is 0.230 e. The van der Waals surface area contributed by atoms with Gasteiger partial charge in [-0.2, -0.15) is 0 Å². The Hall–Kier alpha value is -1.00. The van der Waals surface area contributed by atoms with E-state index in [-0.39, 0.29) is 18.6 Å².